The SMILES string of the molecule is Nc1cnc(Cl)cc1C(=O)N(Cc1cccnc1)C1CC1. The van der Waals surface area contributed by atoms with E-state index in [-0.39, 0.29) is 17.1 Å². The third-order valence-corrected chi connectivity index (χ3v) is 3.66. The largest absolute Gasteiger partial charge is 0.397 e. The van der Waals surface area contributed by atoms with Gasteiger partial charge in [0.05, 0.1) is 17.4 Å². The van der Waals surface area contributed by atoms with Crippen LogP contribution in [0.3, 0.4) is 0 Å². The monoisotopic (exact) mass is 302 g/mol. The Kier molecular flexibility index (Phi) is 3.75. The van der Waals surface area contributed by atoms with E-state index in [1.807, 2.05) is 17.0 Å². The molecule has 1 aliphatic carbocycles. The first-order chi connectivity index (χ1) is 10.1. The second-order valence-electron chi connectivity index (χ2n) is 5.12. The Balaban J connectivity index is 1.87. The summed E-state index contributed by atoms with van der Waals surface area (Å²) in [6.07, 6.45) is 6.94. The number of anilines is 1. The summed E-state index contributed by atoms with van der Waals surface area (Å²) in [4.78, 5) is 22.5. The van der Waals surface area contributed by atoms with Crippen LogP contribution in [0.1, 0.15) is 28.8 Å². The number of nitrogens with zero attached hydrogens (tertiary/aromatic N) is 3. The molecule has 3 rings (SSSR count). The Labute approximate surface area is 127 Å². The molecule has 0 unspecified atom stereocenters. The summed E-state index contributed by atoms with van der Waals surface area (Å²) < 4.78 is 0. The van der Waals surface area contributed by atoms with E-state index in [1.54, 1.807) is 12.4 Å². The zero-order valence-corrected chi connectivity index (χ0v) is 12.1. The van der Waals surface area contributed by atoms with Gasteiger partial charge in [-0.15, -0.1) is 0 Å². The highest BCUT2D eigenvalue weighted by atomic mass is 35.5. The van der Waals surface area contributed by atoms with E-state index in [1.165, 1.54) is 12.3 Å². The van der Waals surface area contributed by atoms with Crippen molar-refractivity contribution < 1.29 is 4.79 Å². The van der Waals surface area contributed by atoms with E-state index in [9.17, 15) is 4.79 Å². The van der Waals surface area contributed by atoms with Gasteiger partial charge in [-0.25, -0.2) is 4.98 Å². The van der Waals surface area contributed by atoms with Crippen LogP contribution in [0, 0.1) is 0 Å². The summed E-state index contributed by atoms with van der Waals surface area (Å²) in [6.45, 7) is 0.525. The molecular weight excluding hydrogens is 288 g/mol. The minimum Gasteiger partial charge on any atom is -0.397 e. The smallest absolute Gasteiger partial charge is 0.256 e. The first-order valence-electron chi connectivity index (χ1n) is 6.76. The molecule has 2 heterocycles. The van der Waals surface area contributed by atoms with E-state index in [4.69, 9.17) is 17.3 Å². The molecule has 21 heavy (non-hydrogen) atoms. The molecule has 2 N–H and O–H groups in total. The number of nitrogen functional groups attached to an aromatic ring is 1. The number of halogens is 1. The van der Waals surface area contributed by atoms with Gasteiger partial charge in [0, 0.05) is 25.0 Å². The van der Waals surface area contributed by atoms with Crippen molar-refractivity contribution >= 4 is 23.2 Å². The maximum Gasteiger partial charge on any atom is 0.256 e. The van der Waals surface area contributed by atoms with Gasteiger partial charge in [-0.2, -0.15) is 0 Å². The third kappa shape index (κ3) is 3.13. The second kappa shape index (κ2) is 5.69. The van der Waals surface area contributed by atoms with Gasteiger partial charge in [-0.3, -0.25) is 9.78 Å². The van der Waals surface area contributed by atoms with E-state index < -0.39 is 0 Å². The van der Waals surface area contributed by atoms with Crippen LogP contribution in [0.5, 0.6) is 0 Å². The zero-order valence-electron chi connectivity index (χ0n) is 11.4. The second-order valence-corrected chi connectivity index (χ2v) is 5.51. The van der Waals surface area contributed by atoms with Crippen molar-refractivity contribution in [3.05, 3.63) is 53.1 Å². The number of pyridine rings is 2. The van der Waals surface area contributed by atoms with Crippen molar-refractivity contribution in [3.63, 3.8) is 0 Å². The van der Waals surface area contributed by atoms with Gasteiger partial charge in [0.25, 0.3) is 5.91 Å². The van der Waals surface area contributed by atoms with Crippen LogP contribution < -0.4 is 5.73 Å². The Hall–Kier alpha value is -2.14. The Morgan fingerprint density at radius 1 is 1.43 bits per heavy atom. The van der Waals surface area contributed by atoms with Crippen LogP contribution in [0.15, 0.2) is 36.8 Å². The highest BCUT2D eigenvalue weighted by Crippen LogP contribution is 2.31. The Morgan fingerprint density at radius 3 is 2.90 bits per heavy atom. The molecular formula is C15H15ClN4O. The van der Waals surface area contributed by atoms with Gasteiger partial charge in [0.2, 0.25) is 0 Å². The highest BCUT2D eigenvalue weighted by Gasteiger charge is 2.33. The molecule has 2 aromatic rings. The van der Waals surface area contributed by atoms with E-state index in [0.717, 1.165) is 18.4 Å². The number of rotatable bonds is 4. The van der Waals surface area contributed by atoms with E-state index in [2.05, 4.69) is 9.97 Å². The van der Waals surface area contributed by atoms with E-state index >= 15 is 0 Å². The topological polar surface area (TPSA) is 72.1 Å². The van der Waals surface area contributed by atoms with Crippen LogP contribution in [-0.2, 0) is 6.54 Å². The van der Waals surface area contributed by atoms with Crippen LogP contribution in [0.4, 0.5) is 5.69 Å². The first kappa shape index (κ1) is 13.8. The van der Waals surface area contributed by atoms with Crippen LogP contribution >= 0.6 is 11.6 Å². The summed E-state index contributed by atoms with van der Waals surface area (Å²) in [5, 5.41) is 0.268. The van der Waals surface area contributed by atoms with Gasteiger partial charge < -0.3 is 10.6 Å². The van der Waals surface area contributed by atoms with Crippen molar-refractivity contribution in [2.75, 3.05) is 5.73 Å². The number of amides is 1. The molecule has 6 heteroatoms. The van der Waals surface area contributed by atoms with E-state index in [0.29, 0.717) is 17.8 Å². The molecule has 1 fully saturated rings. The lowest BCUT2D eigenvalue weighted by atomic mass is 10.1. The molecule has 5 nitrogen and oxygen atoms in total. The molecule has 0 spiro atoms. The number of carbonyl (C=O) groups excluding carboxylic acids is 1. The third-order valence-electron chi connectivity index (χ3n) is 3.46. The number of hydrogen-bond donors (Lipinski definition) is 1. The van der Waals surface area contributed by atoms with Gasteiger partial charge in [0.15, 0.2) is 0 Å². The average Bonchev–Trinajstić information content (AvgIpc) is 3.32. The molecule has 2 aromatic heterocycles. The molecule has 108 valence electrons. The molecule has 1 aliphatic rings. The fourth-order valence-corrected chi connectivity index (χ4v) is 2.38. The summed E-state index contributed by atoms with van der Waals surface area (Å²) in [5.74, 6) is -0.108. The van der Waals surface area contributed by atoms with Crippen molar-refractivity contribution in [2.24, 2.45) is 0 Å². The standard InChI is InChI=1S/C15H15ClN4O/c16-14-6-12(13(17)8-19-14)15(21)20(11-3-4-11)9-10-2-1-5-18-7-10/h1-2,5-8,11H,3-4,9,17H2. The molecule has 0 saturated heterocycles. The van der Waals surface area contributed by atoms with Gasteiger partial charge >= 0.3 is 0 Å². The Bertz CT molecular complexity index is 658. The molecule has 0 bridgehead atoms. The summed E-state index contributed by atoms with van der Waals surface area (Å²) >= 11 is 5.87. The molecule has 1 amide bonds. The quantitative estimate of drug-likeness (QED) is 0.881. The highest BCUT2D eigenvalue weighted by molar-refractivity contribution is 6.29. The van der Waals surface area contributed by atoms with Crippen molar-refractivity contribution in [2.45, 2.75) is 25.4 Å². The van der Waals surface area contributed by atoms with Crippen molar-refractivity contribution in [3.8, 4) is 0 Å². The molecule has 0 aliphatic heterocycles. The minimum atomic E-state index is -0.108. The Morgan fingerprint density at radius 2 is 2.24 bits per heavy atom. The fourth-order valence-electron chi connectivity index (χ4n) is 2.22. The summed E-state index contributed by atoms with van der Waals surface area (Å²) in [7, 11) is 0. The number of nitrogens with two attached hydrogens (primary N) is 1. The van der Waals surface area contributed by atoms with Gasteiger partial charge in [-0.05, 0) is 30.5 Å². The molecule has 0 aromatic carbocycles. The predicted octanol–water partition coefficient (Wildman–Crippen LogP) is 2.52. The fraction of sp³-hybridized carbons (Fsp3) is 0.267. The maximum absolute atomic E-state index is 12.7. The lowest BCUT2D eigenvalue weighted by Crippen LogP contribution is -2.33. The van der Waals surface area contributed by atoms with Crippen LogP contribution in [0.2, 0.25) is 5.15 Å². The van der Waals surface area contributed by atoms with Gasteiger partial charge in [0.1, 0.15) is 5.15 Å². The van der Waals surface area contributed by atoms with Crippen molar-refractivity contribution in [1.82, 2.24) is 14.9 Å². The summed E-state index contributed by atoms with van der Waals surface area (Å²) in [5.41, 5.74) is 7.61. The molecule has 1 saturated carbocycles. The lowest BCUT2D eigenvalue weighted by Gasteiger charge is -2.23. The lowest BCUT2D eigenvalue weighted by molar-refractivity contribution is 0.0730. The van der Waals surface area contributed by atoms with Crippen LogP contribution in [-0.4, -0.2) is 26.8 Å². The first-order valence-corrected chi connectivity index (χ1v) is 7.14. The normalized spacial score (nSPS) is 14.0. The summed E-state index contributed by atoms with van der Waals surface area (Å²) in [6, 6.07) is 5.61. The predicted molar refractivity (Wildman–Crippen MR) is 80.8 cm³/mol. The van der Waals surface area contributed by atoms with Crippen LogP contribution in [0.25, 0.3) is 0 Å². The van der Waals surface area contributed by atoms with Crippen molar-refractivity contribution in [1.29, 1.82) is 0 Å². The number of aromatic nitrogens is 2. The average molecular weight is 303 g/mol. The zero-order chi connectivity index (χ0) is 14.8. The molecule has 0 atom stereocenters. The number of carbonyl (C=O) groups is 1. The van der Waals surface area contributed by atoms with Gasteiger partial charge in [-0.1, -0.05) is 17.7 Å². The maximum atomic E-state index is 12.7. The minimum absolute atomic E-state index is 0.108. The molecule has 0 radical (unpaired) electrons. The number of hydrogen-bond acceptors (Lipinski definition) is 4.